The highest BCUT2D eigenvalue weighted by Crippen LogP contribution is 2.23. The zero-order valence-electron chi connectivity index (χ0n) is 9.24. The molecular formula is C12H16N2OS. The number of amides is 1. The Morgan fingerprint density at radius 3 is 3.38 bits per heavy atom. The Balaban J connectivity index is 1.77. The lowest BCUT2D eigenvalue weighted by molar-refractivity contribution is -0.116. The predicted octanol–water partition coefficient (Wildman–Crippen LogP) is 1.41. The molecule has 0 spiro atoms. The van der Waals surface area contributed by atoms with Gasteiger partial charge in [-0.2, -0.15) is 0 Å². The number of thiophene rings is 1. The summed E-state index contributed by atoms with van der Waals surface area (Å²) in [6.07, 6.45) is 2.45. The van der Waals surface area contributed by atoms with Crippen LogP contribution in [0.25, 0.3) is 0 Å². The van der Waals surface area contributed by atoms with Gasteiger partial charge in [0, 0.05) is 31.1 Å². The molecule has 2 heterocycles. The van der Waals surface area contributed by atoms with Crippen LogP contribution >= 0.6 is 11.3 Å². The molecule has 0 radical (unpaired) electrons. The molecule has 3 nitrogen and oxygen atoms in total. The molecule has 1 aromatic heterocycles. The lowest BCUT2D eigenvalue weighted by Gasteiger charge is -2.26. The van der Waals surface area contributed by atoms with Crippen molar-refractivity contribution in [3.05, 3.63) is 34.5 Å². The van der Waals surface area contributed by atoms with Crippen LogP contribution < -0.4 is 5.32 Å². The predicted molar refractivity (Wildman–Crippen MR) is 66.5 cm³/mol. The highest BCUT2D eigenvalue weighted by Gasteiger charge is 2.16. The fourth-order valence-corrected chi connectivity index (χ4v) is 2.80. The molecule has 86 valence electrons. The SMILES string of the molecule is C=CC(=O)NCCN1CCc2sccc2C1. The molecule has 4 heteroatoms. The van der Waals surface area contributed by atoms with Crippen molar-refractivity contribution in [3.8, 4) is 0 Å². The Bertz CT molecular complexity index is 386. The van der Waals surface area contributed by atoms with E-state index < -0.39 is 0 Å². The van der Waals surface area contributed by atoms with E-state index in [-0.39, 0.29) is 5.91 Å². The second-order valence-corrected chi connectivity index (χ2v) is 4.89. The average Bonchev–Trinajstić information content (AvgIpc) is 2.76. The molecule has 1 amide bonds. The summed E-state index contributed by atoms with van der Waals surface area (Å²) < 4.78 is 0. The zero-order valence-corrected chi connectivity index (χ0v) is 10.1. The largest absolute Gasteiger partial charge is 0.351 e. The second-order valence-electron chi connectivity index (χ2n) is 3.89. The van der Waals surface area contributed by atoms with E-state index in [4.69, 9.17) is 0 Å². The molecule has 1 N–H and O–H groups in total. The average molecular weight is 236 g/mol. The molecule has 0 bridgehead atoms. The van der Waals surface area contributed by atoms with Gasteiger partial charge in [0.05, 0.1) is 0 Å². The normalized spacial score (nSPS) is 15.5. The van der Waals surface area contributed by atoms with Gasteiger partial charge in [-0.15, -0.1) is 11.3 Å². The topological polar surface area (TPSA) is 32.3 Å². The molecular weight excluding hydrogens is 220 g/mol. The number of carbonyl (C=O) groups is 1. The lowest BCUT2D eigenvalue weighted by Crippen LogP contribution is -2.36. The maximum absolute atomic E-state index is 11.0. The third-order valence-corrected chi connectivity index (χ3v) is 3.82. The molecule has 0 aliphatic carbocycles. The van der Waals surface area contributed by atoms with E-state index in [0.717, 1.165) is 26.1 Å². The van der Waals surface area contributed by atoms with E-state index in [2.05, 4.69) is 28.2 Å². The van der Waals surface area contributed by atoms with Gasteiger partial charge in [0.1, 0.15) is 0 Å². The number of nitrogens with one attached hydrogen (secondary N) is 1. The number of rotatable bonds is 4. The van der Waals surface area contributed by atoms with Gasteiger partial charge < -0.3 is 5.32 Å². The standard InChI is InChI=1S/C12H16N2OS/c1-2-12(15)13-5-7-14-6-3-11-10(9-14)4-8-16-11/h2,4,8H,1,3,5-7,9H2,(H,13,15). The molecule has 16 heavy (non-hydrogen) atoms. The van der Waals surface area contributed by atoms with Crippen molar-refractivity contribution in [2.45, 2.75) is 13.0 Å². The minimum atomic E-state index is -0.0896. The molecule has 1 aliphatic heterocycles. The Morgan fingerprint density at radius 1 is 1.69 bits per heavy atom. The number of hydrogen-bond donors (Lipinski definition) is 1. The van der Waals surface area contributed by atoms with Gasteiger partial charge in [-0.25, -0.2) is 0 Å². The number of hydrogen-bond acceptors (Lipinski definition) is 3. The summed E-state index contributed by atoms with van der Waals surface area (Å²) in [4.78, 5) is 14.9. The second kappa shape index (κ2) is 5.27. The summed E-state index contributed by atoms with van der Waals surface area (Å²) in [6, 6.07) is 2.20. The van der Waals surface area contributed by atoms with E-state index in [0.29, 0.717) is 6.54 Å². The third kappa shape index (κ3) is 2.71. The maximum Gasteiger partial charge on any atom is 0.243 e. The van der Waals surface area contributed by atoms with Crippen LogP contribution in [0.3, 0.4) is 0 Å². The van der Waals surface area contributed by atoms with Crippen molar-refractivity contribution in [1.29, 1.82) is 0 Å². The Kier molecular flexibility index (Phi) is 3.74. The summed E-state index contributed by atoms with van der Waals surface area (Å²) in [5.41, 5.74) is 1.45. The Morgan fingerprint density at radius 2 is 2.56 bits per heavy atom. The van der Waals surface area contributed by atoms with Crippen molar-refractivity contribution in [2.75, 3.05) is 19.6 Å². The van der Waals surface area contributed by atoms with Crippen LogP contribution in [0, 0.1) is 0 Å². The summed E-state index contributed by atoms with van der Waals surface area (Å²) in [5.74, 6) is -0.0896. The summed E-state index contributed by atoms with van der Waals surface area (Å²) in [5, 5.41) is 4.96. The minimum Gasteiger partial charge on any atom is -0.351 e. The number of carbonyl (C=O) groups excluding carboxylic acids is 1. The smallest absolute Gasteiger partial charge is 0.243 e. The zero-order chi connectivity index (χ0) is 11.4. The van der Waals surface area contributed by atoms with Crippen molar-refractivity contribution < 1.29 is 4.79 Å². The summed E-state index contributed by atoms with van der Waals surface area (Å²) in [7, 11) is 0. The minimum absolute atomic E-state index is 0.0896. The molecule has 0 saturated heterocycles. The molecule has 0 atom stereocenters. The first-order valence-corrected chi connectivity index (χ1v) is 6.35. The monoisotopic (exact) mass is 236 g/mol. The van der Waals surface area contributed by atoms with Crippen LogP contribution in [0.4, 0.5) is 0 Å². The molecule has 0 aromatic carbocycles. The summed E-state index contributed by atoms with van der Waals surface area (Å²) in [6.45, 7) is 7.15. The van der Waals surface area contributed by atoms with E-state index in [1.807, 2.05) is 11.3 Å². The van der Waals surface area contributed by atoms with Crippen LogP contribution in [0.2, 0.25) is 0 Å². The number of nitrogens with zero attached hydrogens (tertiary/aromatic N) is 1. The van der Waals surface area contributed by atoms with Crippen LogP contribution in [-0.4, -0.2) is 30.4 Å². The first kappa shape index (κ1) is 11.4. The van der Waals surface area contributed by atoms with Crippen LogP contribution in [0.5, 0.6) is 0 Å². The highest BCUT2D eigenvalue weighted by atomic mass is 32.1. The lowest BCUT2D eigenvalue weighted by atomic mass is 10.1. The fraction of sp³-hybridized carbons (Fsp3) is 0.417. The molecule has 0 fully saturated rings. The molecule has 0 saturated carbocycles. The molecule has 0 unspecified atom stereocenters. The van der Waals surface area contributed by atoms with Gasteiger partial charge in [0.25, 0.3) is 0 Å². The van der Waals surface area contributed by atoms with Gasteiger partial charge in [-0.05, 0) is 29.5 Å². The first-order chi connectivity index (χ1) is 7.79. The Hall–Kier alpha value is -1.13. The van der Waals surface area contributed by atoms with Gasteiger partial charge in [0.15, 0.2) is 0 Å². The molecule has 2 rings (SSSR count). The van der Waals surface area contributed by atoms with Gasteiger partial charge in [-0.1, -0.05) is 6.58 Å². The van der Waals surface area contributed by atoms with Gasteiger partial charge >= 0.3 is 0 Å². The van der Waals surface area contributed by atoms with Crippen LogP contribution in [-0.2, 0) is 17.8 Å². The number of fused-ring (bicyclic) bond motifs is 1. The third-order valence-electron chi connectivity index (χ3n) is 2.80. The van der Waals surface area contributed by atoms with E-state index in [1.165, 1.54) is 16.5 Å². The van der Waals surface area contributed by atoms with E-state index >= 15 is 0 Å². The van der Waals surface area contributed by atoms with Crippen molar-refractivity contribution >= 4 is 17.2 Å². The summed E-state index contributed by atoms with van der Waals surface area (Å²) >= 11 is 1.85. The van der Waals surface area contributed by atoms with Crippen LogP contribution in [0.1, 0.15) is 10.4 Å². The van der Waals surface area contributed by atoms with Gasteiger partial charge in [-0.3, -0.25) is 9.69 Å². The Labute approximate surface area is 99.8 Å². The van der Waals surface area contributed by atoms with E-state index in [1.54, 1.807) is 0 Å². The van der Waals surface area contributed by atoms with Crippen molar-refractivity contribution in [2.24, 2.45) is 0 Å². The fourth-order valence-electron chi connectivity index (χ4n) is 1.91. The van der Waals surface area contributed by atoms with Gasteiger partial charge in [0.2, 0.25) is 5.91 Å². The maximum atomic E-state index is 11.0. The van der Waals surface area contributed by atoms with Crippen molar-refractivity contribution in [3.63, 3.8) is 0 Å². The van der Waals surface area contributed by atoms with E-state index in [9.17, 15) is 4.79 Å². The molecule has 1 aliphatic rings. The quantitative estimate of drug-likeness (QED) is 0.802. The molecule has 1 aromatic rings. The van der Waals surface area contributed by atoms with Crippen LogP contribution in [0.15, 0.2) is 24.1 Å². The first-order valence-electron chi connectivity index (χ1n) is 5.47. The highest BCUT2D eigenvalue weighted by molar-refractivity contribution is 7.10. The van der Waals surface area contributed by atoms with Crippen molar-refractivity contribution in [1.82, 2.24) is 10.2 Å².